The summed E-state index contributed by atoms with van der Waals surface area (Å²) < 4.78 is 18.7. The van der Waals surface area contributed by atoms with Crippen molar-refractivity contribution < 1.29 is 23.8 Å². The SMILES string of the molecule is COC(=O)c1nc2ccc(C)cn2c(=O)c1OCc1ccccc1.Cc1ccc2nc(C(=O)NN)c(OCc3ccccc3)c(=O)n2c1. The molecular weight excluding hydrogens is 616 g/mol. The van der Waals surface area contributed by atoms with E-state index in [0.717, 1.165) is 22.3 Å². The van der Waals surface area contributed by atoms with Gasteiger partial charge in [-0.05, 0) is 48.2 Å². The first kappa shape index (κ1) is 33.0. The van der Waals surface area contributed by atoms with Gasteiger partial charge in [0.1, 0.15) is 24.5 Å². The molecule has 0 aliphatic heterocycles. The van der Waals surface area contributed by atoms with Crippen LogP contribution in [0.3, 0.4) is 0 Å². The molecule has 244 valence electrons. The number of nitrogens with zero attached hydrogens (tertiary/aromatic N) is 4. The number of aryl methyl sites for hydroxylation is 2. The van der Waals surface area contributed by atoms with Crippen LogP contribution in [0, 0.1) is 13.8 Å². The van der Waals surface area contributed by atoms with Crippen molar-refractivity contribution in [3.8, 4) is 11.5 Å². The quantitative estimate of drug-likeness (QED) is 0.108. The maximum absolute atomic E-state index is 12.7. The van der Waals surface area contributed by atoms with Gasteiger partial charge in [0.15, 0.2) is 11.4 Å². The van der Waals surface area contributed by atoms with Gasteiger partial charge in [0.05, 0.1) is 7.11 Å². The third kappa shape index (κ3) is 7.37. The summed E-state index contributed by atoms with van der Waals surface area (Å²) in [6.07, 6.45) is 3.30. The number of nitrogens with two attached hydrogens (primary N) is 1. The molecule has 0 aliphatic carbocycles. The van der Waals surface area contributed by atoms with Crippen LogP contribution in [0.5, 0.6) is 11.5 Å². The number of pyridine rings is 2. The fourth-order valence-corrected chi connectivity index (χ4v) is 4.63. The zero-order valence-electron chi connectivity index (χ0n) is 26.4. The number of ether oxygens (including phenoxy) is 3. The highest BCUT2D eigenvalue weighted by Crippen LogP contribution is 2.17. The van der Waals surface area contributed by atoms with E-state index in [-0.39, 0.29) is 36.1 Å². The number of hydrazine groups is 1. The lowest BCUT2D eigenvalue weighted by molar-refractivity contribution is 0.0587. The van der Waals surface area contributed by atoms with Crippen LogP contribution in [0.15, 0.2) is 107 Å². The Balaban J connectivity index is 0.000000188. The van der Waals surface area contributed by atoms with Gasteiger partial charge >= 0.3 is 17.1 Å². The average molecular weight is 649 g/mol. The topological polar surface area (TPSA) is 169 Å². The number of nitrogen functional groups attached to an aromatic ring is 1. The molecule has 0 saturated heterocycles. The molecule has 4 aromatic heterocycles. The molecule has 3 N–H and O–H groups in total. The van der Waals surface area contributed by atoms with Crippen molar-refractivity contribution in [3.05, 3.63) is 152 Å². The molecule has 0 atom stereocenters. The number of nitrogens with one attached hydrogen (secondary N) is 1. The number of carbonyl (C=O) groups excluding carboxylic acids is 2. The molecule has 0 spiro atoms. The largest absolute Gasteiger partial charge is 0.481 e. The highest BCUT2D eigenvalue weighted by atomic mass is 16.5. The molecule has 48 heavy (non-hydrogen) atoms. The summed E-state index contributed by atoms with van der Waals surface area (Å²) in [5.41, 5.74) is 5.06. The predicted octanol–water partition coefficient (Wildman–Crippen LogP) is 3.55. The van der Waals surface area contributed by atoms with E-state index in [1.54, 1.807) is 30.6 Å². The van der Waals surface area contributed by atoms with Gasteiger partial charge in [-0.1, -0.05) is 72.8 Å². The van der Waals surface area contributed by atoms with Crippen molar-refractivity contribution >= 4 is 23.2 Å². The molecule has 1 amide bonds. The number of benzene rings is 2. The maximum atomic E-state index is 12.7. The van der Waals surface area contributed by atoms with Gasteiger partial charge in [0.25, 0.3) is 5.91 Å². The van der Waals surface area contributed by atoms with Gasteiger partial charge in [-0.3, -0.25) is 28.6 Å². The van der Waals surface area contributed by atoms with Crippen molar-refractivity contribution in [2.75, 3.05) is 7.11 Å². The number of fused-ring (bicyclic) bond motifs is 2. The summed E-state index contributed by atoms with van der Waals surface area (Å²) in [6, 6.07) is 25.6. The minimum Gasteiger partial charge on any atom is -0.481 e. The molecular formula is C35H32N6O7. The Morgan fingerprint density at radius 3 is 1.56 bits per heavy atom. The summed E-state index contributed by atoms with van der Waals surface area (Å²) in [7, 11) is 1.24. The van der Waals surface area contributed by atoms with E-state index in [0.29, 0.717) is 11.3 Å². The molecule has 6 rings (SSSR count). The molecule has 0 unspecified atom stereocenters. The Kier molecular flexibility index (Phi) is 10.2. The van der Waals surface area contributed by atoms with E-state index in [1.165, 1.54) is 15.9 Å². The first-order chi connectivity index (χ1) is 23.2. The van der Waals surface area contributed by atoms with Crippen LogP contribution >= 0.6 is 0 Å². The smallest absolute Gasteiger partial charge is 0.360 e. The van der Waals surface area contributed by atoms with Gasteiger partial charge in [-0.25, -0.2) is 20.6 Å². The van der Waals surface area contributed by atoms with E-state index < -0.39 is 23.0 Å². The van der Waals surface area contributed by atoms with E-state index in [2.05, 4.69) is 9.97 Å². The lowest BCUT2D eigenvalue weighted by atomic mass is 10.2. The number of aromatic nitrogens is 4. The monoisotopic (exact) mass is 648 g/mol. The maximum Gasteiger partial charge on any atom is 0.360 e. The molecule has 2 aromatic carbocycles. The van der Waals surface area contributed by atoms with E-state index in [1.807, 2.05) is 86.0 Å². The van der Waals surface area contributed by atoms with Crippen LogP contribution < -0.4 is 31.9 Å². The summed E-state index contributed by atoms with van der Waals surface area (Å²) in [4.78, 5) is 57.9. The normalized spacial score (nSPS) is 10.6. The number of amides is 1. The second-order valence-corrected chi connectivity index (χ2v) is 10.6. The summed E-state index contributed by atoms with van der Waals surface area (Å²) in [5.74, 6) is 3.55. The van der Waals surface area contributed by atoms with Gasteiger partial charge in [0, 0.05) is 12.4 Å². The average Bonchev–Trinajstić information content (AvgIpc) is 3.11. The molecule has 0 bridgehead atoms. The molecule has 0 radical (unpaired) electrons. The minimum atomic E-state index is -0.710. The van der Waals surface area contributed by atoms with Crippen molar-refractivity contribution in [1.82, 2.24) is 24.2 Å². The summed E-state index contributed by atoms with van der Waals surface area (Å²) >= 11 is 0. The van der Waals surface area contributed by atoms with Crippen LogP contribution in [-0.2, 0) is 18.0 Å². The zero-order valence-corrected chi connectivity index (χ0v) is 26.4. The van der Waals surface area contributed by atoms with Crippen molar-refractivity contribution in [2.24, 2.45) is 5.84 Å². The van der Waals surface area contributed by atoms with E-state index in [4.69, 9.17) is 20.1 Å². The molecule has 0 saturated carbocycles. The van der Waals surface area contributed by atoms with Crippen LogP contribution in [0.2, 0.25) is 0 Å². The third-order valence-corrected chi connectivity index (χ3v) is 7.04. The number of rotatable bonds is 8. The third-order valence-electron chi connectivity index (χ3n) is 7.04. The van der Waals surface area contributed by atoms with Crippen LogP contribution in [0.4, 0.5) is 0 Å². The summed E-state index contributed by atoms with van der Waals surface area (Å²) in [6.45, 7) is 4.02. The standard InChI is InChI=1S/C18H16N2O4.C17H16N4O3/c1-12-8-9-14-19-15(18(22)23-2)16(17(21)20(14)10-12)24-11-13-6-4-3-5-7-13;1-11-7-8-13-19-14(16(22)20-18)15(17(23)21(13)9-11)24-10-12-5-3-2-4-6-12/h3-10H,11H2,1-2H3;2-9H,10,18H2,1H3,(H,20,22). The molecule has 0 aliphatic rings. The van der Waals surface area contributed by atoms with Crippen molar-refractivity contribution in [1.29, 1.82) is 0 Å². The number of hydrogen-bond acceptors (Lipinski definition) is 10. The number of esters is 1. The molecule has 6 aromatic rings. The molecule has 4 heterocycles. The number of methoxy groups -OCH3 is 1. The Morgan fingerprint density at radius 2 is 1.12 bits per heavy atom. The van der Waals surface area contributed by atoms with Gasteiger partial charge in [0.2, 0.25) is 11.5 Å². The molecule has 13 nitrogen and oxygen atoms in total. The highest BCUT2D eigenvalue weighted by molar-refractivity contribution is 5.95. The van der Waals surface area contributed by atoms with Crippen LogP contribution in [0.1, 0.15) is 43.2 Å². The number of hydrogen-bond donors (Lipinski definition) is 2. The van der Waals surface area contributed by atoms with Crippen LogP contribution in [0.25, 0.3) is 11.3 Å². The molecule has 13 heteroatoms. The van der Waals surface area contributed by atoms with E-state index in [9.17, 15) is 19.2 Å². The Hall–Kier alpha value is -6.34. The second kappa shape index (κ2) is 14.8. The Labute approximate surface area is 274 Å². The lowest BCUT2D eigenvalue weighted by Gasteiger charge is -2.11. The predicted molar refractivity (Wildman–Crippen MR) is 177 cm³/mol. The Bertz CT molecular complexity index is 2060. The van der Waals surface area contributed by atoms with Gasteiger partial charge in [-0.15, -0.1) is 0 Å². The van der Waals surface area contributed by atoms with Gasteiger partial charge < -0.3 is 14.2 Å². The zero-order chi connectivity index (χ0) is 34.2. The Morgan fingerprint density at radius 1 is 0.688 bits per heavy atom. The summed E-state index contributed by atoms with van der Waals surface area (Å²) in [5, 5.41) is 0. The first-order valence-corrected chi connectivity index (χ1v) is 14.7. The van der Waals surface area contributed by atoms with Crippen molar-refractivity contribution in [2.45, 2.75) is 27.1 Å². The van der Waals surface area contributed by atoms with Crippen molar-refractivity contribution in [3.63, 3.8) is 0 Å². The second-order valence-electron chi connectivity index (χ2n) is 10.6. The van der Waals surface area contributed by atoms with Crippen LogP contribution in [-0.4, -0.2) is 37.8 Å². The fraction of sp³-hybridized carbons (Fsp3) is 0.143. The van der Waals surface area contributed by atoms with Gasteiger partial charge in [-0.2, -0.15) is 0 Å². The lowest BCUT2D eigenvalue weighted by Crippen LogP contribution is -2.33. The van der Waals surface area contributed by atoms with E-state index >= 15 is 0 Å². The fourth-order valence-electron chi connectivity index (χ4n) is 4.63. The first-order valence-electron chi connectivity index (χ1n) is 14.7. The minimum absolute atomic E-state index is 0.117. The number of carbonyl (C=O) groups is 2. The highest BCUT2D eigenvalue weighted by Gasteiger charge is 2.22. The molecule has 0 fully saturated rings.